The van der Waals surface area contributed by atoms with Crippen LogP contribution >= 0.6 is 0 Å². The Bertz CT molecular complexity index is 705. The quantitative estimate of drug-likeness (QED) is 0.779. The van der Waals surface area contributed by atoms with Crippen molar-refractivity contribution in [2.24, 2.45) is 0 Å². The van der Waals surface area contributed by atoms with Crippen LogP contribution in [0.15, 0.2) is 18.3 Å². The molecule has 3 fully saturated rings. The van der Waals surface area contributed by atoms with E-state index in [2.05, 4.69) is 15.6 Å². The normalized spacial score (nSPS) is 32.0. The first-order chi connectivity index (χ1) is 13.4. The molecule has 2 amide bonds. The summed E-state index contributed by atoms with van der Waals surface area (Å²) in [6.45, 7) is 7.19. The number of nitrogens with zero attached hydrogens (tertiary/aromatic N) is 1. The van der Waals surface area contributed by atoms with Gasteiger partial charge in [0.05, 0.1) is 44.2 Å². The Balaban J connectivity index is 1.27. The molecule has 3 aliphatic heterocycles. The summed E-state index contributed by atoms with van der Waals surface area (Å²) in [4.78, 5) is 16.6. The molecule has 1 aromatic heterocycles. The highest BCUT2D eigenvalue weighted by Gasteiger charge is 2.49. The topological polar surface area (TPSA) is 100 Å². The number of hydrogen-bond acceptors (Lipinski definition) is 7. The van der Waals surface area contributed by atoms with E-state index in [9.17, 15) is 4.79 Å². The zero-order valence-corrected chi connectivity index (χ0v) is 16.3. The Kier molecular flexibility index (Phi) is 5.42. The zero-order chi connectivity index (χ0) is 19.7. The van der Waals surface area contributed by atoms with Gasteiger partial charge in [0.25, 0.3) is 0 Å². The fourth-order valence-corrected chi connectivity index (χ4v) is 3.62. The predicted molar refractivity (Wildman–Crippen MR) is 98.1 cm³/mol. The largest absolute Gasteiger partial charge is 0.483 e. The molecular formula is C19H27N3O6. The monoisotopic (exact) mass is 393 g/mol. The van der Waals surface area contributed by atoms with Crippen molar-refractivity contribution in [2.45, 2.75) is 57.0 Å². The average Bonchev–Trinajstić information content (AvgIpc) is 3.23. The van der Waals surface area contributed by atoms with Gasteiger partial charge in [0.15, 0.2) is 11.9 Å². The number of pyridine rings is 1. The van der Waals surface area contributed by atoms with Gasteiger partial charge in [0, 0.05) is 6.20 Å². The number of fused-ring (bicyclic) bond motifs is 1. The van der Waals surface area contributed by atoms with Gasteiger partial charge in [-0.25, -0.2) is 4.79 Å². The molecule has 4 atom stereocenters. The van der Waals surface area contributed by atoms with E-state index in [1.165, 1.54) is 0 Å². The van der Waals surface area contributed by atoms with Crippen LogP contribution in [0.5, 0.6) is 5.75 Å². The van der Waals surface area contributed by atoms with Crippen LogP contribution in [0.3, 0.4) is 0 Å². The molecule has 0 aliphatic carbocycles. The molecule has 2 N–H and O–H groups in total. The maximum atomic E-state index is 12.4. The summed E-state index contributed by atoms with van der Waals surface area (Å²) in [6.07, 6.45) is 1.02. The molecule has 9 nitrogen and oxygen atoms in total. The number of aromatic nitrogens is 1. The lowest BCUT2D eigenvalue weighted by Crippen LogP contribution is -2.55. The fourth-order valence-electron chi connectivity index (χ4n) is 3.62. The molecular weight excluding hydrogens is 366 g/mol. The average molecular weight is 393 g/mol. The second-order valence-corrected chi connectivity index (χ2v) is 7.78. The summed E-state index contributed by atoms with van der Waals surface area (Å²) >= 11 is 0. The van der Waals surface area contributed by atoms with Crippen molar-refractivity contribution in [3.63, 3.8) is 0 Å². The zero-order valence-electron chi connectivity index (χ0n) is 16.3. The molecule has 4 heterocycles. The molecule has 0 saturated carbocycles. The Morgan fingerprint density at radius 3 is 2.64 bits per heavy atom. The first kappa shape index (κ1) is 19.4. The Hall–Kier alpha value is -1.94. The molecule has 0 radical (unpaired) electrons. The summed E-state index contributed by atoms with van der Waals surface area (Å²) in [6, 6.07) is 2.99. The van der Waals surface area contributed by atoms with Crippen LogP contribution < -0.4 is 15.4 Å². The number of carbonyl (C=O) groups excluding carboxylic acids is 1. The SMILES string of the molecule is Cc1ncccc1O[C@H]1CO[C@H]2[C@@H]1OC[C@@H]2NC(=O)NC1COC(C)(C)OC1. The Labute approximate surface area is 164 Å². The summed E-state index contributed by atoms with van der Waals surface area (Å²) in [7, 11) is 0. The van der Waals surface area contributed by atoms with Crippen LogP contribution in [0.1, 0.15) is 19.5 Å². The first-order valence-corrected chi connectivity index (χ1v) is 9.58. The van der Waals surface area contributed by atoms with Crippen molar-refractivity contribution in [2.75, 3.05) is 26.4 Å². The van der Waals surface area contributed by atoms with Gasteiger partial charge in [-0.05, 0) is 32.9 Å². The van der Waals surface area contributed by atoms with Crippen LogP contribution in [0.25, 0.3) is 0 Å². The van der Waals surface area contributed by atoms with E-state index in [1.807, 2.05) is 32.9 Å². The number of amides is 2. The van der Waals surface area contributed by atoms with Crippen molar-refractivity contribution in [1.82, 2.24) is 15.6 Å². The number of nitrogens with one attached hydrogen (secondary N) is 2. The maximum absolute atomic E-state index is 12.4. The summed E-state index contributed by atoms with van der Waals surface area (Å²) in [5, 5.41) is 5.81. The third-order valence-electron chi connectivity index (χ3n) is 5.16. The standard InChI is InChI=1S/C19H27N3O6/c1-11-14(5-4-6-20-11)28-15-10-25-16-13(9-24-17(15)16)22-18(23)21-12-7-26-19(2,3)27-8-12/h4-6,12-13,15-17H,7-10H2,1-3H3,(H2,21,22,23)/t13-,15-,16+,17+/m0/s1. The first-order valence-electron chi connectivity index (χ1n) is 9.58. The predicted octanol–water partition coefficient (Wildman–Crippen LogP) is 0.754. The lowest BCUT2D eigenvalue weighted by molar-refractivity contribution is -0.251. The van der Waals surface area contributed by atoms with Gasteiger partial charge in [-0.1, -0.05) is 0 Å². The molecule has 9 heteroatoms. The van der Waals surface area contributed by atoms with Crippen molar-refractivity contribution in [1.29, 1.82) is 0 Å². The Morgan fingerprint density at radius 1 is 1.14 bits per heavy atom. The highest BCUT2D eigenvalue weighted by atomic mass is 16.7. The number of ether oxygens (including phenoxy) is 5. The fraction of sp³-hybridized carbons (Fsp3) is 0.684. The van der Waals surface area contributed by atoms with Crippen LogP contribution in [0.2, 0.25) is 0 Å². The molecule has 4 rings (SSSR count). The molecule has 0 unspecified atom stereocenters. The minimum absolute atomic E-state index is 0.194. The van der Waals surface area contributed by atoms with Crippen molar-refractivity contribution in [3.8, 4) is 5.75 Å². The lowest BCUT2D eigenvalue weighted by atomic mass is 10.1. The van der Waals surface area contributed by atoms with Crippen LogP contribution in [-0.2, 0) is 18.9 Å². The molecule has 0 aromatic carbocycles. The summed E-state index contributed by atoms with van der Waals surface area (Å²) in [5.74, 6) is 0.107. The van der Waals surface area contributed by atoms with Gasteiger partial charge in [-0.15, -0.1) is 0 Å². The molecule has 1 aromatic rings. The van der Waals surface area contributed by atoms with Gasteiger partial charge in [0.2, 0.25) is 0 Å². The van der Waals surface area contributed by atoms with Crippen LogP contribution in [0.4, 0.5) is 4.79 Å². The van der Waals surface area contributed by atoms with E-state index >= 15 is 0 Å². The minimum Gasteiger partial charge on any atom is -0.483 e. The summed E-state index contributed by atoms with van der Waals surface area (Å²) < 4.78 is 28.9. The number of urea groups is 1. The molecule has 0 spiro atoms. The second-order valence-electron chi connectivity index (χ2n) is 7.78. The number of rotatable bonds is 4. The molecule has 3 saturated heterocycles. The van der Waals surface area contributed by atoms with E-state index in [1.54, 1.807) is 6.20 Å². The van der Waals surface area contributed by atoms with Gasteiger partial charge in [0.1, 0.15) is 18.0 Å². The highest BCUT2D eigenvalue weighted by Crippen LogP contribution is 2.30. The van der Waals surface area contributed by atoms with E-state index in [0.717, 1.165) is 11.4 Å². The molecule has 0 bridgehead atoms. The van der Waals surface area contributed by atoms with Crippen molar-refractivity contribution >= 4 is 6.03 Å². The highest BCUT2D eigenvalue weighted by molar-refractivity contribution is 5.74. The van der Waals surface area contributed by atoms with Crippen LogP contribution in [0, 0.1) is 6.92 Å². The van der Waals surface area contributed by atoms with Gasteiger partial charge >= 0.3 is 6.03 Å². The van der Waals surface area contributed by atoms with Gasteiger partial charge in [-0.2, -0.15) is 0 Å². The smallest absolute Gasteiger partial charge is 0.315 e. The number of hydrogen-bond donors (Lipinski definition) is 2. The van der Waals surface area contributed by atoms with E-state index in [0.29, 0.717) is 26.4 Å². The minimum atomic E-state index is -0.611. The number of carbonyl (C=O) groups is 1. The Morgan fingerprint density at radius 2 is 1.89 bits per heavy atom. The van der Waals surface area contributed by atoms with Crippen molar-refractivity contribution < 1.29 is 28.5 Å². The third-order valence-corrected chi connectivity index (χ3v) is 5.16. The number of aryl methyl sites for hydroxylation is 1. The molecule has 28 heavy (non-hydrogen) atoms. The van der Waals surface area contributed by atoms with Gasteiger partial charge < -0.3 is 34.3 Å². The van der Waals surface area contributed by atoms with Crippen LogP contribution in [-0.4, -0.2) is 73.6 Å². The lowest BCUT2D eigenvalue weighted by Gasteiger charge is -2.35. The van der Waals surface area contributed by atoms with Gasteiger partial charge in [-0.3, -0.25) is 4.98 Å². The summed E-state index contributed by atoms with van der Waals surface area (Å²) in [5.41, 5.74) is 0.818. The van der Waals surface area contributed by atoms with Crippen molar-refractivity contribution in [3.05, 3.63) is 24.0 Å². The van der Waals surface area contributed by atoms with E-state index in [-0.39, 0.29) is 36.4 Å². The second kappa shape index (κ2) is 7.82. The molecule has 154 valence electrons. The molecule has 3 aliphatic rings. The van der Waals surface area contributed by atoms with E-state index < -0.39 is 5.79 Å². The maximum Gasteiger partial charge on any atom is 0.315 e. The third kappa shape index (κ3) is 4.22. The van der Waals surface area contributed by atoms with E-state index in [4.69, 9.17) is 23.7 Å².